The molecular formula is C16H22N2O2S. The zero-order valence-corrected chi connectivity index (χ0v) is 13.2. The number of thiophene rings is 1. The molecule has 2 fully saturated rings. The molecule has 5 heteroatoms. The van der Waals surface area contributed by atoms with E-state index in [1.54, 1.807) is 17.4 Å². The molecule has 3 heterocycles. The van der Waals surface area contributed by atoms with Gasteiger partial charge in [-0.3, -0.25) is 9.80 Å². The number of piperazine rings is 1. The highest BCUT2D eigenvalue weighted by Crippen LogP contribution is 2.27. The summed E-state index contributed by atoms with van der Waals surface area (Å²) in [5, 5.41) is 10.7. The van der Waals surface area contributed by atoms with Crippen LogP contribution in [0.2, 0.25) is 0 Å². The fourth-order valence-electron chi connectivity index (χ4n) is 3.40. The fourth-order valence-corrected chi connectivity index (χ4v) is 4.28. The normalized spacial score (nSPS) is 27.3. The van der Waals surface area contributed by atoms with Gasteiger partial charge in [-0.15, -0.1) is 11.3 Å². The fraction of sp³-hybridized carbons (Fsp3) is 0.562. The van der Waals surface area contributed by atoms with E-state index >= 15 is 0 Å². The molecule has 2 atom stereocenters. The molecule has 4 nitrogen and oxygen atoms in total. The second-order valence-corrected chi connectivity index (χ2v) is 7.08. The molecule has 1 N–H and O–H groups in total. The Balaban J connectivity index is 1.62. The molecule has 2 unspecified atom stereocenters. The van der Waals surface area contributed by atoms with E-state index in [-0.39, 0.29) is 0 Å². The van der Waals surface area contributed by atoms with Crippen LogP contribution in [0.4, 0.5) is 0 Å². The average Bonchev–Trinajstić information content (AvgIpc) is 3.06. The van der Waals surface area contributed by atoms with Crippen molar-refractivity contribution in [3.8, 4) is 0 Å². The summed E-state index contributed by atoms with van der Waals surface area (Å²) in [7, 11) is 0. The van der Waals surface area contributed by atoms with Crippen molar-refractivity contribution >= 4 is 23.4 Å². The summed E-state index contributed by atoms with van der Waals surface area (Å²) in [6.07, 6.45) is 5.54. The first-order chi connectivity index (χ1) is 10.1. The number of hydrogen-bond donors (Lipinski definition) is 1. The van der Waals surface area contributed by atoms with Crippen LogP contribution in [0.3, 0.4) is 0 Å². The maximum Gasteiger partial charge on any atom is 0.328 e. The summed E-state index contributed by atoms with van der Waals surface area (Å²) in [5.41, 5.74) is 0.990. The first-order valence-electron chi connectivity index (χ1n) is 7.58. The van der Waals surface area contributed by atoms with Crippen molar-refractivity contribution in [2.24, 2.45) is 0 Å². The van der Waals surface area contributed by atoms with Crippen LogP contribution in [0, 0.1) is 0 Å². The maximum atomic E-state index is 10.5. The third-order valence-corrected chi connectivity index (χ3v) is 5.46. The first-order valence-corrected chi connectivity index (χ1v) is 8.46. The van der Waals surface area contributed by atoms with Gasteiger partial charge < -0.3 is 5.11 Å². The van der Waals surface area contributed by atoms with Crippen LogP contribution < -0.4 is 0 Å². The number of hydrogen-bond acceptors (Lipinski definition) is 4. The Hall–Kier alpha value is -1.17. The maximum absolute atomic E-state index is 10.5. The zero-order chi connectivity index (χ0) is 14.8. The Labute approximate surface area is 129 Å². The van der Waals surface area contributed by atoms with Crippen molar-refractivity contribution in [1.82, 2.24) is 9.80 Å². The van der Waals surface area contributed by atoms with Crippen molar-refractivity contribution < 1.29 is 9.90 Å². The highest BCUT2D eigenvalue weighted by atomic mass is 32.1. The molecule has 0 saturated carbocycles. The molecule has 3 rings (SSSR count). The van der Waals surface area contributed by atoms with E-state index < -0.39 is 5.97 Å². The van der Waals surface area contributed by atoms with Gasteiger partial charge >= 0.3 is 5.97 Å². The molecule has 2 aliphatic rings. The lowest BCUT2D eigenvalue weighted by Crippen LogP contribution is -2.54. The summed E-state index contributed by atoms with van der Waals surface area (Å²) in [6.45, 7) is 6.91. The number of carboxylic acid groups (broad SMARTS) is 1. The van der Waals surface area contributed by atoms with E-state index in [0.29, 0.717) is 6.04 Å². The Morgan fingerprint density at radius 1 is 1.52 bits per heavy atom. The Morgan fingerprint density at radius 3 is 3.19 bits per heavy atom. The van der Waals surface area contributed by atoms with Crippen LogP contribution in [-0.4, -0.2) is 52.6 Å². The molecule has 114 valence electrons. The van der Waals surface area contributed by atoms with Crippen molar-refractivity contribution in [2.75, 3.05) is 19.6 Å². The van der Waals surface area contributed by atoms with Crippen LogP contribution in [0.1, 0.15) is 30.2 Å². The summed E-state index contributed by atoms with van der Waals surface area (Å²) in [4.78, 5) is 17.1. The minimum atomic E-state index is -0.895. The molecule has 0 aromatic carbocycles. The van der Waals surface area contributed by atoms with Gasteiger partial charge in [0.15, 0.2) is 0 Å². The minimum absolute atomic E-state index is 0.597. The smallest absolute Gasteiger partial charge is 0.328 e. The van der Waals surface area contributed by atoms with Crippen LogP contribution in [0.15, 0.2) is 17.5 Å². The molecule has 2 aliphatic heterocycles. The van der Waals surface area contributed by atoms with Crippen molar-refractivity contribution in [3.05, 3.63) is 28.0 Å². The number of aliphatic carboxylic acids is 1. The number of carboxylic acids is 1. The molecular weight excluding hydrogens is 284 g/mol. The second-order valence-electron chi connectivity index (χ2n) is 6.09. The van der Waals surface area contributed by atoms with Gasteiger partial charge in [0, 0.05) is 42.7 Å². The number of rotatable bonds is 4. The summed E-state index contributed by atoms with van der Waals surface area (Å²) in [6, 6.07) is 3.45. The van der Waals surface area contributed by atoms with Crippen molar-refractivity contribution in [3.63, 3.8) is 0 Å². The van der Waals surface area contributed by atoms with Gasteiger partial charge in [-0.2, -0.15) is 0 Å². The topological polar surface area (TPSA) is 43.8 Å². The third-order valence-electron chi connectivity index (χ3n) is 4.52. The van der Waals surface area contributed by atoms with Crippen LogP contribution in [-0.2, 0) is 11.3 Å². The largest absolute Gasteiger partial charge is 0.478 e. The number of fused-ring (bicyclic) bond motifs is 1. The molecule has 0 bridgehead atoms. The van der Waals surface area contributed by atoms with Crippen LogP contribution in [0.25, 0.3) is 6.08 Å². The zero-order valence-electron chi connectivity index (χ0n) is 12.4. The SMILES string of the molecule is CC1CN2CCCC2CN1Cc1cc(/C=C/C(=O)O)cs1. The summed E-state index contributed by atoms with van der Waals surface area (Å²) < 4.78 is 0. The van der Waals surface area contributed by atoms with E-state index in [1.165, 1.54) is 43.4 Å². The lowest BCUT2D eigenvalue weighted by Gasteiger charge is -2.42. The van der Waals surface area contributed by atoms with Crippen LogP contribution >= 0.6 is 11.3 Å². The highest BCUT2D eigenvalue weighted by Gasteiger charge is 2.34. The number of nitrogens with zero attached hydrogens (tertiary/aromatic N) is 2. The van der Waals surface area contributed by atoms with E-state index in [1.807, 2.05) is 5.38 Å². The van der Waals surface area contributed by atoms with Gasteiger partial charge in [0.2, 0.25) is 0 Å². The first kappa shape index (κ1) is 14.8. The highest BCUT2D eigenvalue weighted by molar-refractivity contribution is 7.10. The molecule has 2 saturated heterocycles. The Bertz CT molecular complexity index is 540. The summed E-state index contributed by atoms with van der Waals surface area (Å²) in [5.74, 6) is -0.895. The van der Waals surface area contributed by atoms with E-state index in [9.17, 15) is 4.79 Å². The van der Waals surface area contributed by atoms with E-state index in [2.05, 4.69) is 22.8 Å². The lowest BCUT2D eigenvalue weighted by molar-refractivity contribution is -0.131. The monoisotopic (exact) mass is 306 g/mol. The standard InChI is InChI=1S/C16H22N2O2S/c1-12-8-17-6-2-3-14(17)9-18(12)10-15-7-13(11-21-15)4-5-16(19)20/h4-5,7,11-12,14H,2-3,6,8-10H2,1H3,(H,19,20)/b5-4+. The van der Waals surface area contributed by atoms with Gasteiger partial charge in [-0.25, -0.2) is 4.79 Å². The third kappa shape index (κ3) is 3.54. The predicted molar refractivity (Wildman–Crippen MR) is 85.5 cm³/mol. The van der Waals surface area contributed by atoms with E-state index in [4.69, 9.17) is 5.11 Å². The van der Waals surface area contributed by atoms with E-state index in [0.717, 1.165) is 18.2 Å². The Kier molecular flexibility index (Phi) is 4.42. The molecule has 1 aromatic heterocycles. The van der Waals surface area contributed by atoms with Gasteiger partial charge in [-0.05, 0) is 49.4 Å². The molecule has 0 spiro atoms. The number of carbonyl (C=O) groups is 1. The second kappa shape index (κ2) is 6.30. The Morgan fingerprint density at radius 2 is 2.38 bits per heavy atom. The molecule has 1 aromatic rings. The average molecular weight is 306 g/mol. The van der Waals surface area contributed by atoms with Gasteiger partial charge in [0.25, 0.3) is 0 Å². The van der Waals surface area contributed by atoms with Crippen molar-refractivity contribution in [1.29, 1.82) is 0 Å². The van der Waals surface area contributed by atoms with Crippen molar-refractivity contribution in [2.45, 2.75) is 38.4 Å². The summed E-state index contributed by atoms with van der Waals surface area (Å²) >= 11 is 1.72. The molecule has 0 amide bonds. The quantitative estimate of drug-likeness (QED) is 0.868. The molecule has 0 radical (unpaired) electrons. The molecule has 21 heavy (non-hydrogen) atoms. The van der Waals surface area contributed by atoms with Gasteiger partial charge in [-0.1, -0.05) is 0 Å². The minimum Gasteiger partial charge on any atom is -0.478 e. The van der Waals surface area contributed by atoms with Crippen LogP contribution in [0.5, 0.6) is 0 Å². The van der Waals surface area contributed by atoms with Gasteiger partial charge in [0.1, 0.15) is 0 Å². The molecule has 0 aliphatic carbocycles. The lowest BCUT2D eigenvalue weighted by atomic mass is 10.1. The predicted octanol–water partition coefficient (Wildman–Crippen LogP) is 2.51. The van der Waals surface area contributed by atoms with Gasteiger partial charge in [0.05, 0.1) is 0 Å².